The zero-order valence-electron chi connectivity index (χ0n) is 12.6. The SMILES string of the molecule is CSC(C)CCNC(=O)NC1(C(=O)O)CCCC(C)C1. The Morgan fingerprint density at radius 2 is 2.20 bits per heavy atom. The number of carboxylic acid groups (broad SMARTS) is 1. The average molecular weight is 302 g/mol. The number of amides is 2. The lowest BCUT2D eigenvalue weighted by Crippen LogP contribution is -2.59. The van der Waals surface area contributed by atoms with E-state index in [2.05, 4.69) is 17.6 Å². The van der Waals surface area contributed by atoms with Gasteiger partial charge in [0, 0.05) is 11.8 Å². The predicted octanol–water partition coefficient (Wildman–Crippen LogP) is 2.46. The maximum absolute atomic E-state index is 11.9. The molecular weight excluding hydrogens is 276 g/mol. The van der Waals surface area contributed by atoms with Gasteiger partial charge in [0.15, 0.2) is 0 Å². The maximum atomic E-state index is 11.9. The number of hydrogen-bond acceptors (Lipinski definition) is 3. The van der Waals surface area contributed by atoms with Gasteiger partial charge in [-0.1, -0.05) is 26.7 Å². The van der Waals surface area contributed by atoms with Gasteiger partial charge in [0.2, 0.25) is 0 Å². The molecule has 3 unspecified atom stereocenters. The van der Waals surface area contributed by atoms with Crippen molar-refractivity contribution in [3.8, 4) is 0 Å². The van der Waals surface area contributed by atoms with Crippen LogP contribution in [0.5, 0.6) is 0 Å². The van der Waals surface area contributed by atoms with E-state index in [4.69, 9.17) is 0 Å². The number of carbonyl (C=O) groups excluding carboxylic acids is 1. The summed E-state index contributed by atoms with van der Waals surface area (Å²) < 4.78 is 0. The second kappa shape index (κ2) is 7.76. The van der Waals surface area contributed by atoms with Gasteiger partial charge in [0.05, 0.1) is 0 Å². The first-order valence-electron chi connectivity index (χ1n) is 7.22. The van der Waals surface area contributed by atoms with Crippen molar-refractivity contribution in [3.63, 3.8) is 0 Å². The minimum atomic E-state index is -1.09. The molecule has 1 aliphatic carbocycles. The highest BCUT2D eigenvalue weighted by Gasteiger charge is 2.43. The van der Waals surface area contributed by atoms with Gasteiger partial charge in [-0.25, -0.2) is 9.59 Å². The van der Waals surface area contributed by atoms with Crippen molar-refractivity contribution in [2.75, 3.05) is 12.8 Å². The molecule has 0 radical (unpaired) electrons. The van der Waals surface area contributed by atoms with Gasteiger partial charge in [-0.3, -0.25) is 0 Å². The molecule has 1 saturated carbocycles. The highest BCUT2D eigenvalue weighted by molar-refractivity contribution is 7.99. The van der Waals surface area contributed by atoms with Gasteiger partial charge in [-0.15, -0.1) is 0 Å². The Morgan fingerprint density at radius 1 is 1.50 bits per heavy atom. The molecule has 3 atom stereocenters. The summed E-state index contributed by atoms with van der Waals surface area (Å²) in [7, 11) is 0. The number of rotatable bonds is 6. The van der Waals surface area contributed by atoms with Crippen molar-refractivity contribution >= 4 is 23.8 Å². The lowest BCUT2D eigenvalue weighted by Gasteiger charge is -2.37. The normalized spacial score (nSPS) is 27.6. The van der Waals surface area contributed by atoms with Gasteiger partial charge in [-0.05, 0) is 31.4 Å². The molecule has 116 valence electrons. The summed E-state index contributed by atoms with van der Waals surface area (Å²) in [6.45, 7) is 4.71. The zero-order valence-corrected chi connectivity index (χ0v) is 13.4. The fourth-order valence-corrected chi connectivity index (χ4v) is 3.03. The third-order valence-electron chi connectivity index (χ3n) is 4.00. The second-order valence-corrected chi connectivity index (χ2v) is 7.08. The highest BCUT2D eigenvalue weighted by Crippen LogP contribution is 2.32. The van der Waals surface area contributed by atoms with Crippen LogP contribution in [0.25, 0.3) is 0 Å². The molecule has 1 rings (SSSR count). The molecule has 0 aromatic rings. The summed E-state index contributed by atoms with van der Waals surface area (Å²) in [4.78, 5) is 23.4. The van der Waals surface area contributed by atoms with Crippen molar-refractivity contribution in [2.45, 2.75) is 56.7 Å². The summed E-state index contributed by atoms with van der Waals surface area (Å²) in [5.74, 6) is -0.589. The minimum absolute atomic E-state index is 0.330. The quantitative estimate of drug-likeness (QED) is 0.704. The fraction of sp³-hybridized carbons (Fsp3) is 0.857. The molecule has 3 N–H and O–H groups in total. The van der Waals surface area contributed by atoms with Crippen molar-refractivity contribution in [1.29, 1.82) is 0 Å². The lowest BCUT2D eigenvalue weighted by molar-refractivity contribution is -0.146. The number of urea groups is 1. The zero-order chi connectivity index (χ0) is 15.2. The van der Waals surface area contributed by atoms with Crippen molar-refractivity contribution in [1.82, 2.24) is 10.6 Å². The number of aliphatic carboxylic acids is 1. The van der Waals surface area contributed by atoms with E-state index in [1.54, 1.807) is 11.8 Å². The van der Waals surface area contributed by atoms with Crippen LogP contribution >= 0.6 is 11.8 Å². The standard InChI is InChI=1S/C14H26N2O3S/c1-10-5-4-7-14(9-10,12(17)18)16-13(19)15-8-6-11(2)20-3/h10-11H,4-9H2,1-3H3,(H,17,18)(H2,15,16,19). The average Bonchev–Trinajstić information content (AvgIpc) is 2.38. The van der Waals surface area contributed by atoms with Gasteiger partial charge < -0.3 is 15.7 Å². The topological polar surface area (TPSA) is 78.4 Å². The van der Waals surface area contributed by atoms with E-state index in [0.717, 1.165) is 19.3 Å². The summed E-state index contributed by atoms with van der Waals surface area (Å²) in [6.07, 6.45) is 5.82. The van der Waals surface area contributed by atoms with Crippen LogP contribution in [0.1, 0.15) is 46.0 Å². The van der Waals surface area contributed by atoms with Crippen LogP contribution < -0.4 is 10.6 Å². The van der Waals surface area contributed by atoms with Crippen LogP contribution in [0.3, 0.4) is 0 Å². The Hall–Kier alpha value is -0.910. The molecule has 0 aromatic carbocycles. The van der Waals surface area contributed by atoms with Crippen LogP contribution in [-0.4, -0.2) is 40.7 Å². The van der Waals surface area contributed by atoms with Crippen LogP contribution in [0, 0.1) is 5.92 Å². The van der Waals surface area contributed by atoms with Crippen molar-refractivity contribution in [2.24, 2.45) is 5.92 Å². The van der Waals surface area contributed by atoms with Crippen molar-refractivity contribution in [3.05, 3.63) is 0 Å². The van der Waals surface area contributed by atoms with Crippen LogP contribution in [0.15, 0.2) is 0 Å². The smallest absolute Gasteiger partial charge is 0.329 e. The molecular formula is C14H26N2O3S. The Kier molecular flexibility index (Phi) is 6.65. The van der Waals surface area contributed by atoms with E-state index in [9.17, 15) is 14.7 Å². The van der Waals surface area contributed by atoms with Crippen LogP contribution in [-0.2, 0) is 4.79 Å². The van der Waals surface area contributed by atoms with E-state index in [-0.39, 0.29) is 6.03 Å². The van der Waals surface area contributed by atoms with Crippen molar-refractivity contribution < 1.29 is 14.7 Å². The predicted molar refractivity (Wildman–Crippen MR) is 82.1 cm³/mol. The molecule has 1 aliphatic rings. The first-order chi connectivity index (χ1) is 9.39. The lowest BCUT2D eigenvalue weighted by atomic mass is 9.76. The summed E-state index contributed by atoms with van der Waals surface area (Å²) in [6, 6.07) is -0.366. The first-order valence-corrected chi connectivity index (χ1v) is 8.50. The third-order valence-corrected chi connectivity index (χ3v) is 5.04. The highest BCUT2D eigenvalue weighted by atomic mass is 32.2. The number of thioether (sulfide) groups is 1. The largest absolute Gasteiger partial charge is 0.480 e. The summed E-state index contributed by atoms with van der Waals surface area (Å²) in [5.41, 5.74) is -1.09. The summed E-state index contributed by atoms with van der Waals surface area (Å²) >= 11 is 1.75. The molecule has 0 aliphatic heterocycles. The maximum Gasteiger partial charge on any atom is 0.329 e. The molecule has 0 heterocycles. The Balaban J connectivity index is 2.49. The molecule has 0 aromatic heterocycles. The monoisotopic (exact) mass is 302 g/mol. The molecule has 6 heteroatoms. The Bertz CT molecular complexity index is 351. The number of hydrogen-bond donors (Lipinski definition) is 3. The summed E-state index contributed by atoms with van der Waals surface area (Å²) in [5, 5.41) is 15.4. The Morgan fingerprint density at radius 3 is 2.75 bits per heavy atom. The van der Waals surface area contributed by atoms with Gasteiger partial charge in [-0.2, -0.15) is 11.8 Å². The molecule has 0 bridgehead atoms. The first kappa shape index (κ1) is 17.1. The van der Waals surface area contributed by atoms with Gasteiger partial charge in [0.25, 0.3) is 0 Å². The minimum Gasteiger partial charge on any atom is -0.480 e. The third kappa shape index (κ3) is 4.89. The molecule has 0 saturated heterocycles. The van der Waals surface area contributed by atoms with E-state index in [1.165, 1.54) is 0 Å². The fourth-order valence-electron chi connectivity index (χ4n) is 2.68. The second-order valence-electron chi connectivity index (χ2n) is 5.80. The van der Waals surface area contributed by atoms with E-state index >= 15 is 0 Å². The molecule has 2 amide bonds. The molecule has 1 fully saturated rings. The molecule has 20 heavy (non-hydrogen) atoms. The number of carboxylic acids is 1. The van der Waals surface area contributed by atoms with Crippen LogP contribution in [0.2, 0.25) is 0 Å². The Labute approximate surface area is 125 Å². The van der Waals surface area contributed by atoms with E-state index in [1.807, 2.05) is 13.2 Å². The number of carbonyl (C=O) groups is 2. The van der Waals surface area contributed by atoms with Gasteiger partial charge >= 0.3 is 12.0 Å². The van der Waals surface area contributed by atoms with Gasteiger partial charge in [0.1, 0.15) is 5.54 Å². The van der Waals surface area contributed by atoms with Crippen LogP contribution in [0.4, 0.5) is 4.79 Å². The van der Waals surface area contributed by atoms with E-state index in [0.29, 0.717) is 30.6 Å². The molecule has 0 spiro atoms. The number of nitrogens with one attached hydrogen (secondary N) is 2. The molecule has 5 nitrogen and oxygen atoms in total. The van der Waals surface area contributed by atoms with E-state index < -0.39 is 11.5 Å².